The Kier molecular flexibility index (Phi) is 5.41. The van der Waals surface area contributed by atoms with Crippen molar-refractivity contribution in [2.45, 2.75) is 31.5 Å². The molecule has 2 atom stereocenters. The minimum absolute atomic E-state index is 0.0355. The van der Waals surface area contributed by atoms with Crippen LogP contribution >= 0.6 is 11.6 Å². The first-order chi connectivity index (χ1) is 11.8. The fourth-order valence-electron chi connectivity index (χ4n) is 3.01. The van der Waals surface area contributed by atoms with Crippen molar-refractivity contribution < 1.29 is 22.7 Å². The Morgan fingerprint density at radius 3 is 2.88 bits per heavy atom. The molecule has 1 N–H and O–H groups in total. The second-order valence-corrected chi connectivity index (χ2v) is 8.57. The number of amides is 1. The predicted molar refractivity (Wildman–Crippen MR) is 94.7 cm³/mol. The molecule has 0 saturated carbocycles. The van der Waals surface area contributed by atoms with E-state index in [4.69, 9.17) is 21.1 Å². The van der Waals surface area contributed by atoms with E-state index in [0.717, 1.165) is 25.7 Å². The highest BCUT2D eigenvalue weighted by Crippen LogP contribution is 2.36. The van der Waals surface area contributed by atoms with E-state index in [9.17, 15) is 13.2 Å². The minimum atomic E-state index is -3.51. The second kappa shape index (κ2) is 7.39. The number of anilines is 1. The van der Waals surface area contributed by atoms with Gasteiger partial charge >= 0.3 is 0 Å². The van der Waals surface area contributed by atoms with Crippen LogP contribution in [0.25, 0.3) is 0 Å². The van der Waals surface area contributed by atoms with Crippen LogP contribution in [0.5, 0.6) is 5.75 Å². The number of benzene rings is 1. The molecule has 3 rings (SSSR count). The largest absolute Gasteiger partial charge is 0.478 e. The van der Waals surface area contributed by atoms with Crippen molar-refractivity contribution in [3.63, 3.8) is 0 Å². The standard InChI is InChI=1S/C16H21ClN2O5S/c1-25(21,22)19-7-6-15(16(20)18-10-12-3-2-8-23-12)24-14-5-4-11(17)9-13(14)19/h4-5,9,12,15H,2-3,6-8,10H2,1H3,(H,18,20)/t12-,15-/m0/s1. The van der Waals surface area contributed by atoms with E-state index in [1.165, 1.54) is 10.4 Å². The highest BCUT2D eigenvalue weighted by molar-refractivity contribution is 7.92. The first-order valence-electron chi connectivity index (χ1n) is 8.18. The van der Waals surface area contributed by atoms with Gasteiger partial charge in [-0.25, -0.2) is 8.42 Å². The molecular formula is C16H21ClN2O5S. The predicted octanol–water partition coefficient (Wildman–Crippen LogP) is 1.55. The van der Waals surface area contributed by atoms with Crippen molar-refractivity contribution in [2.75, 3.05) is 30.3 Å². The summed E-state index contributed by atoms with van der Waals surface area (Å²) in [5, 5.41) is 3.24. The van der Waals surface area contributed by atoms with Crippen LogP contribution < -0.4 is 14.4 Å². The van der Waals surface area contributed by atoms with E-state index in [1.807, 2.05) is 0 Å². The first kappa shape index (κ1) is 18.3. The van der Waals surface area contributed by atoms with Crippen molar-refractivity contribution in [3.05, 3.63) is 23.2 Å². The van der Waals surface area contributed by atoms with Crippen LogP contribution in [0.4, 0.5) is 5.69 Å². The van der Waals surface area contributed by atoms with E-state index in [-0.39, 0.29) is 25.0 Å². The molecule has 1 amide bonds. The molecule has 1 saturated heterocycles. The number of carbonyl (C=O) groups is 1. The van der Waals surface area contributed by atoms with E-state index >= 15 is 0 Å². The fourth-order valence-corrected chi connectivity index (χ4v) is 4.12. The van der Waals surface area contributed by atoms with Gasteiger partial charge in [-0.15, -0.1) is 0 Å². The highest BCUT2D eigenvalue weighted by atomic mass is 35.5. The van der Waals surface area contributed by atoms with Crippen molar-refractivity contribution in [3.8, 4) is 5.75 Å². The Morgan fingerprint density at radius 1 is 1.40 bits per heavy atom. The molecule has 1 aromatic carbocycles. The molecule has 2 heterocycles. The molecule has 0 bridgehead atoms. The van der Waals surface area contributed by atoms with Gasteiger partial charge in [0.25, 0.3) is 5.91 Å². The van der Waals surface area contributed by atoms with Crippen LogP contribution in [-0.2, 0) is 19.6 Å². The zero-order valence-corrected chi connectivity index (χ0v) is 15.5. The normalized spacial score (nSPS) is 23.5. The van der Waals surface area contributed by atoms with Gasteiger partial charge in [-0.05, 0) is 31.0 Å². The van der Waals surface area contributed by atoms with E-state index in [1.54, 1.807) is 12.1 Å². The quantitative estimate of drug-likeness (QED) is 0.845. The van der Waals surface area contributed by atoms with Crippen LogP contribution in [0, 0.1) is 0 Å². The van der Waals surface area contributed by atoms with Gasteiger partial charge in [0, 0.05) is 31.1 Å². The van der Waals surface area contributed by atoms with Gasteiger partial charge in [-0.1, -0.05) is 11.6 Å². The van der Waals surface area contributed by atoms with E-state index < -0.39 is 16.1 Å². The molecule has 0 radical (unpaired) electrons. The summed E-state index contributed by atoms with van der Waals surface area (Å²) in [4.78, 5) is 12.5. The SMILES string of the molecule is CS(=O)(=O)N1CC[C@@H](C(=O)NC[C@@H]2CCCO2)Oc2ccc(Cl)cc21. The first-order valence-corrected chi connectivity index (χ1v) is 10.4. The Morgan fingerprint density at radius 2 is 2.20 bits per heavy atom. The Labute approximate surface area is 152 Å². The fraction of sp³-hybridized carbons (Fsp3) is 0.562. The molecule has 1 fully saturated rings. The summed E-state index contributed by atoms with van der Waals surface area (Å²) in [7, 11) is -3.51. The average molecular weight is 389 g/mol. The molecule has 0 aromatic heterocycles. The number of carbonyl (C=O) groups excluding carboxylic acids is 1. The topological polar surface area (TPSA) is 84.9 Å². The Hall–Kier alpha value is -1.51. The van der Waals surface area contributed by atoms with Gasteiger partial charge in [-0.2, -0.15) is 0 Å². The van der Waals surface area contributed by atoms with Crippen molar-refractivity contribution >= 4 is 33.2 Å². The van der Waals surface area contributed by atoms with Gasteiger partial charge in [0.2, 0.25) is 10.0 Å². The summed E-state index contributed by atoms with van der Waals surface area (Å²) in [5.74, 6) is 0.0522. The second-order valence-electron chi connectivity index (χ2n) is 6.22. The molecule has 25 heavy (non-hydrogen) atoms. The minimum Gasteiger partial charge on any atom is -0.478 e. The van der Waals surface area contributed by atoms with Gasteiger partial charge < -0.3 is 14.8 Å². The molecule has 0 spiro atoms. The van der Waals surface area contributed by atoms with Crippen LogP contribution in [0.2, 0.25) is 5.02 Å². The Bertz CT molecular complexity index is 749. The maximum absolute atomic E-state index is 12.5. The lowest BCUT2D eigenvalue weighted by Crippen LogP contribution is -2.42. The average Bonchev–Trinajstić information content (AvgIpc) is 2.98. The van der Waals surface area contributed by atoms with Crippen molar-refractivity contribution in [2.24, 2.45) is 0 Å². The van der Waals surface area contributed by atoms with E-state index in [2.05, 4.69) is 5.32 Å². The third-order valence-electron chi connectivity index (χ3n) is 4.27. The number of hydrogen-bond acceptors (Lipinski definition) is 5. The number of fused-ring (bicyclic) bond motifs is 1. The summed E-state index contributed by atoms with van der Waals surface area (Å²) >= 11 is 6.00. The van der Waals surface area contributed by atoms with Crippen molar-refractivity contribution in [1.82, 2.24) is 5.32 Å². The lowest BCUT2D eigenvalue weighted by Gasteiger charge is -2.21. The van der Waals surface area contributed by atoms with Gasteiger partial charge in [-0.3, -0.25) is 9.10 Å². The van der Waals surface area contributed by atoms with E-state index in [0.29, 0.717) is 23.0 Å². The molecule has 9 heteroatoms. The molecule has 0 aliphatic carbocycles. The molecule has 138 valence electrons. The lowest BCUT2D eigenvalue weighted by molar-refractivity contribution is -0.128. The third kappa shape index (κ3) is 4.37. The molecule has 2 aliphatic heterocycles. The molecule has 0 unspecified atom stereocenters. The Balaban J connectivity index is 1.76. The van der Waals surface area contributed by atoms with Crippen LogP contribution in [0.1, 0.15) is 19.3 Å². The zero-order chi connectivity index (χ0) is 18.0. The monoisotopic (exact) mass is 388 g/mol. The van der Waals surface area contributed by atoms with Crippen LogP contribution in [-0.4, -0.2) is 52.5 Å². The number of rotatable bonds is 4. The molecule has 2 aliphatic rings. The highest BCUT2D eigenvalue weighted by Gasteiger charge is 2.31. The zero-order valence-electron chi connectivity index (χ0n) is 13.9. The lowest BCUT2D eigenvalue weighted by atomic mass is 10.2. The number of sulfonamides is 1. The summed E-state index contributed by atoms with van der Waals surface area (Å²) in [5.41, 5.74) is 0.351. The van der Waals surface area contributed by atoms with Gasteiger partial charge in [0.1, 0.15) is 5.75 Å². The van der Waals surface area contributed by atoms with Crippen LogP contribution in [0.3, 0.4) is 0 Å². The number of nitrogens with zero attached hydrogens (tertiary/aromatic N) is 1. The smallest absolute Gasteiger partial charge is 0.261 e. The molecular weight excluding hydrogens is 368 g/mol. The number of hydrogen-bond donors (Lipinski definition) is 1. The maximum Gasteiger partial charge on any atom is 0.261 e. The van der Waals surface area contributed by atoms with Gasteiger partial charge in [0.05, 0.1) is 18.0 Å². The van der Waals surface area contributed by atoms with Gasteiger partial charge in [0.15, 0.2) is 6.10 Å². The number of halogens is 1. The van der Waals surface area contributed by atoms with Crippen LogP contribution in [0.15, 0.2) is 18.2 Å². The molecule has 7 nitrogen and oxygen atoms in total. The molecule has 1 aromatic rings. The summed E-state index contributed by atoms with van der Waals surface area (Å²) < 4.78 is 36.7. The summed E-state index contributed by atoms with van der Waals surface area (Å²) in [6, 6.07) is 4.72. The number of ether oxygens (including phenoxy) is 2. The maximum atomic E-state index is 12.5. The summed E-state index contributed by atoms with van der Waals surface area (Å²) in [6.45, 7) is 1.30. The number of nitrogens with one attached hydrogen (secondary N) is 1. The summed E-state index contributed by atoms with van der Waals surface area (Å²) in [6.07, 6.45) is 2.56. The third-order valence-corrected chi connectivity index (χ3v) is 5.69. The van der Waals surface area contributed by atoms with Crippen molar-refractivity contribution in [1.29, 1.82) is 0 Å².